The minimum atomic E-state index is 0.0288. The lowest BCUT2D eigenvalue weighted by molar-refractivity contribution is -0.128. The number of hydrogen-bond donors (Lipinski definition) is 0. The third-order valence-electron chi connectivity index (χ3n) is 3.80. The summed E-state index contributed by atoms with van der Waals surface area (Å²) in [6.45, 7) is 3.33. The van der Waals surface area contributed by atoms with Crippen molar-refractivity contribution in [3.8, 4) is 11.5 Å². The molecule has 0 aromatic heterocycles. The fourth-order valence-electron chi connectivity index (χ4n) is 2.48. The molecule has 1 amide bonds. The Kier molecular flexibility index (Phi) is 5.99. The van der Waals surface area contributed by atoms with Gasteiger partial charge in [-0.3, -0.25) is 4.79 Å². The number of fused-ring (bicyclic) bond motifs is 1. The highest BCUT2D eigenvalue weighted by Gasteiger charge is 2.17. The van der Waals surface area contributed by atoms with Gasteiger partial charge in [0.25, 0.3) is 0 Å². The van der Waals surface area contributed by atoms with Crippen LogP contribution in [0.15, 0.2) is 41.3 Å². The molecular formula is C18H17Cl2NO3S. The lowest BCUT2D eigenvalue weighted by atomic mass is 10.2. The molecule has 0 saturated carbocycles. The predicted octanol–water partition coefficient (Wildman–Crippen LogP) is 4.86. The Morgan fingerprint density at radius 3 is 2.60 bits per heavy atom. The Morgan fingerprint density at radius 2 is 1.88 bits per heavy atom. The first-order valence-electron chi connectivity index (χ1n) is 7.81. The molecule has 1 aliphatic heterocycles. The summed E-state index contributed by atoms with van der Waals surface area (Å²) in [6, 6.07) is 11.1. The Balaban J connectivity index is 1.63. The first-order chi connectivity index (χ1) is 12.1. The molecule has 0 saturated heterocycles. The second-order valence-corrected chi connectivity index (χ2v) is 7.23. The number of thioether (sulfide) groups is 1. The molecule has 132 valence electrons. The van der Waals surface area contributed by atoms with Gasteiger partial charge >= 0.3 is 0 Å². The monoisotopic (exact) mass is 397 g/mol. The molecular weight excluding hydrogens is 381 g/mol. The van der Waals surface area contributed by atoms with Crippen molar-refractivity contribution in [2.45, 2.75) is 18.4 Å². The van der Waals surface area contributed by atoms with Gasteiger partial charge in [0.1, 0.15) is 0 Å². The predicted molar refractivity (Wildman–Crippen MR) is 101 cm³/mol. The van der Waals surface area contributed by atoms with E-state index in [0.717, 1.165) is 22.0 Å². The maximum Gasteiger partial charge on any atom is 0.233 e. The van der Waals surface area contributed by atoms with Crippen molar-refractivity contribution in [3.63, 3.8) is 0 Å². The minimum absolute atomic E-state index is 0.0288. The third-order valence-corrected chi connectivity index (χ3v) is 5.78. The molecule has 0 atom stereocenters. The van der Waals surface area contributed by atoms with Crippen LogP contribution in [0.2, 0.25) is 10.0 Å². The van der Waals surface area contributed by atoms with Crippen molar-refractivity contribution >= 4 is 40.9 Å². The molecule has 2 aromatic carbocycles. The molecule has 2 aromatic rings. The average molecular weight is 398 g/mol. The van der Waals surface area contributed by atoms with Crippen LogP contribution in [-0.4, -0.2) is 29.9 Å². The smallest absolute Gasteiger partial charge is 0.233 e. The van der Waals surface area contributed by atoms with Crippen LogP contribution >= 0.6 is 35.0 Å². The molecule has 1 aliphatic rings. The van der Waals surface area contributed by atoms with E-state index < -0.39 is 0 Å². The van der Waals surface area contributed by atoms with Crippen LogP contribution in [0.4, 0.5) is 0 Å². The SMILES string of the molecule is CCN(Cc1ccc2c(c1)OCO2)C(=O)CSc1c(Cl)cccc1Cl. The van der Waals surface area contributed by atoms with Gasteiger partial charge in [0.2, 0.25) is 12.7 Å². The molecule has 0 fully saturated rings. The van der Waals surface area contributed by atoms with Crippen LogP contribution in [0, 0.1) is 0 Å². The summed E-state index contributed by atoms with van der Waals surface area (Å²) in [6.07, 6.45) is 0. The number of ether oxygens (including phenoxy) is 2. The maximum absolute atomic E-state index is 12.6. The number of halogens is 2. The quantitative estimate of drug-likeness (QED) is 0.652. The summed E-state index contributed by atoms with van der Waals surface area (Å²) in [4.78, 5) is 15.1. The molecule has 25 heavy (non-hydrogen) atoms. The van der Waals surface area contributed by atoms with E-state index in [0.29, 0.717) is 23.1 Å². The Morgan fingerprint density at radius 1 is 1.16 bits per heavy atom. The summed E-state index contributed by atoms with van der Waals surface area (Å²) >= 11 is 13.7. The summed E-state index contributed by atoms with van der Waals surface area (Å²) < 4.78 is 10.7. The Hall–Kier alpha value is -1.56. The van der Waals surface area contributed by atoms with Gasteiger partial charge in [0, 0.05) is 18.0 Å². The molecule has 0 unspecified atom stereocenters. The van der Waals surface area contributed by atoms with E-state index >= 15 is 0 Å². The molecule has 1 heterocycles. The van der Waals surface area contributed by atoms with Crippen LogP contribution in [0.5, 0.6) is 11.5 Å². The van der Waals surface area contributed by atoms with Crippen molar-refractivity contribution < 1.29 is 14.3 Å². The van der Waals surface area contributed by atoms with Crippen molar-refractivity contribution in [2.75, 3.05) is 19.1 Å². The van der Waals surface area contributed by atoms with Crippen molar-refractivity contribution in [1.29, 1.82) is 0 Å². The first kappa shape index (κ1) is 18.2. The fourth-order valence-corrected chi connectivity index (χ4v) is 4.07. The fraction of sp³-hybridized carbons (Fsp3) is 0.278. The number of hydrogen-bond acceptors (Lipinski definition) is 4. The summed E-state index contributed by atoms with van der Waals surface area (Å²) in [5, 5.41) is 1.12. The molecule has 7 heteroatoms. The second-order valence-electron chi connectivity index (χ2n) is 5.43. The third kappa shape index (κ3) is 4.35. The number of carbonyl (C=O) groups excluding carboxylic acids is 1. The van der Waals surface area contributed by atoms with Crippen LogP contribution in [0.1, 0.15) is 12.5 Å². The van der Waals surface area contributed by atoms with E-state index in [1.54, 1.807) is 23.1 Å². The van der Waals surface area contributed by atoms with E-state index in [1.165, 1.54) is 11.8 Å². The van der Waals surface area contributed by atoms with E-state index in [4.69, 9.17) is 32.7 Å². The number of amides is 1. The van der Waals surface area contributed by atoms with Gasteiger partial charge < -0.3 is 14.4 Å². The van der Waals surface area contributed by atoms with Crippen LogP contribution in [0.25, 0.3) is 0 Å². The molecule has 0 aliphatic carbocycles. The number of rotatable bonds is 6. The van der Waals surface area contributed by atoms with Gasteiger partial charge in [-0.15, -0.1) is 11.8 Å². The zero-order valence-corrected chi connectivity index (χ0v) is 16.0. The molecule has 0 spiro atoms. The minimum Gasteiger partial charge on any atom is -0.454 e. The average Bonchev–Trinajstić information content (AvgIpc) is 3.06. The highest BCUT2D eigenvalue weighted by atomic mass is 35.5. The summed E-state index contributed by atoms with van der Waals surface area (Å²) in [5.74, 6) is 1.77. The molecule has 4 nitrogen and oxygen atoms in total. The summed E-state index contributed by atoms with van der Waals surface area (Å²) in [5.41, 5.74) is 1.00. The van der Waals surface area contributed by atoms with Gasteiger partial charge in [-0.25, -0.2) is 0 Å². The first-order valence-corrected chi connectivity index (χ1v) is 9.55. The molecule has 0 radical (unpaired) electrons. The van der Waals surface area contributed by atoms with Crippen LogP contribution < -0.4 is 9.47 Å². The van der Waals surface area contributed by atoms with Gasteiger partial charge in [-0.1, -0.05) is 35.3 Å². The topological polar surface area (TPSA) is 38.8 Å². The Bertz CT molecular complexity index is 765. The van der Waals surface area contributed by atoms with Gasteiger partial charge in [0.05, 0.1) is 15.8 Å². The van der Waals surface area contributed by atoms with E-state index in [9.17, 15) is 4.79 Å². The van der Waals surface area contributed by atoms with Crippen molar-refractivity contribution in [1.82, 2.24) is 4.90 Å². The van der Waals surface area contributed by atoms with Gasteiger partial charge in [-0.05, 0) is 36.8 Å². The van der Waals surface area contributed by atoms with Gasteiger partial charge in [-0.2, -0.15) is 0 Å². The lowest BCUT2D eigenvalue weighted by Gasteiger charge is -2.21. The summed E-state index contributed by atoms with van der Waals surface area (Å²) in [7, 11) is 0. The molecule has 0 N–H and O–H groups in total. The standard InChI is InChI=1S/C18H17Cl2NO3S/c1-2-21(9-12-6-7-15-16(8-12)24-11-23-15)17(22)10-25-18-13(19)4-3-5-14(18)20/h3-8H,2,9-11H2,1H3. The number of nitrogens with zero attached hydrogens (tertiary/aromatic N) is 1. The largest absolute Gasteiger partial charge is 0.454 e. The lowest BCUT2D eigenvalue weighted by Crippen LogP contribution is -2.31. The zero-order chi connectivity index (χ0) is 17.8. The van der Waals surface area contributed by atoms with E-state index in [1.807, 2.05) is 25.1 Å². The van der Waals surface area contributed by atoms with E-state index in [-0.39, 0.29) is 18.5 Å². The zero-order valence-electron chi connectivity index (χ0n) is 13.6. The highest BCUT2D eigenvalue weighted by molar-refractivity contribution is 8.00. The highest BCUT2D eigenvalue weighted by Crippen LogP contribution is 2.35. The second kappa shape index (κ2) is 8.21. The maximum atomic E-state index is 12.6. The van der Waals surface area contributed by atoms with Crippen molar-refractivity contribution in [3.05, 3.63) is 52.0 Å². The van der Waals surface area contributed by atoms with Crippen LogP contribution in [-0.2, 0) is 11.3 Å². The van der Waals surface area contributed by atoms with E-state index in [2.05, 4.69) is 0 Å². The van der Waals surface area contributed by atoms with Gasteiger partial charge in [0.15, 0.2) is 11.5 Å². The molecule has 3 rings (SSSR count). The number of benzene rings is 2. The Labute approximate surface area is 161 Å². The normalized spacial score (nSPS) is 12.3. The number of carbonyl (C=O) groups is 1. The molecule has 0 bridgehead atoms. The van der Waals surface area contributed by atoms with Crippen LogP contribution in [0.3, 0.4) is 0 Å². The van der Waals surface area contributed by atoms with Crippen molar-refractivity contribution in [2.24, 2.45) is 0 Å².